The number of carbonyl (C=O) groups is 1. The molecule has 0 aliphatic carbocycles. The van der Waals surface area contributed by atoms with Gasteiger partial charge in [0.25, 0.3) is 11.6 Å². The third-order valence-corrected chi connectivity index (χ3v) is 2.79. The number of nitrogens with one attached hydrogen (secondary N) is 1. The van der Waals surface area contributed by atoms with Crippen molar-refractivity contribution in [3.63, 3.8) is 0 Å². The molecule has 1 amide bonds. The fourth-order valence-electron chi connectivity index (χ4n) is 1.58. The lowest BCUT2D eigenvalue weighted by Crippen LogP contribution is -2.16. The second-order valence-electron chi connectivity index (χ2n) is 3.82. The predicted molar refractivity (Wildman–Crippen MR) is 70.2 cm³/mol. The molecule has 0 saturated heterocycles. The van der Waals surface area contributed by atoms with Crippen LogP contribution in [0.5, 0.6) is 0 Å². The molecule has 0 unspecified atom stereocenters. The van der Waals surface area contributed by atoms with Crippen molar-refractivity contribution in [2.24, 2.45) is 0 Å². The Morgan fingerprint density at radius 3 is 2.62 bits per heavy atom. The van der Waals surface area contributed by atoms with Crippen molar-refractivity contribution in [1.82, 2.24) is 4.98 Å². The first kappa shape index (κ1) is 14.8. The van der Waals surface area contributed by atoms with Gasteiger partial charge in [0.1, 0.15) is 5.56 Å². The van der Waals surface area contributed by atoms with Crippen LogP contribution in [0.4, 0.5) is 20.2 Å². The van der Waals surface area contributed by atoms with Crippen LogP contribution in [-0.4, -0.2) is 15.8 Å². The van der Waals surface area contributed by atoms with Gasteiger partial charge < -0.3 is 5.32 Å². The van der Waals surface area contributed by atoms with E-state index in [0.29, 0.717) is 0 Å². The Kier molecular flexibility index (Phi) is 4.08. The van der Waals surface area contributed by atoms with Gasteiger partial charge in [0, 0.05) is 6.07 Å². The molecular weight excluding hydrogens is 308 g/mol. The number of benzene rings is 1. The first-order valence-electron chi connectivity index (χ1n) is 5.46. The lowest BCUT2D eigenvalue weighted by molar-refractivity contribution is -0.385. The van der Waals surface area contributed by atoms with E-state index in [4.69, 9.17) is 11.6 Å². The molecule has 6 nitrogen and oxygen atoms in total. The Hall–Kier alpha value is -2.61. The molecule has 1 N–H and O–H groups in total. The summed E-state index contributed by atoms with van der Waals surface area (Å²) in [5.41, 5.74) is -1.38. The predicted octanol–water partition coefficient (Wildman–Crippen LogP) is 3.17. The van der Waals surface area contributed by atoms with Gasteiger partial charge in [-0.25, -0.2) is 0 Å². The van der Waals surface area contributed by atoms with E-state index in [0.717, 1.165) is 18.2 Å². The van der Waals surface area contributed by atoms with Crippen molar-refractivity contribution in [3.05, 3.63) is 62.9 Å². The quantitative estimate of drug-likeness (QED) is 0.536. The molecule has 1 aromatic heterocycles. The summed E-state index contributed by atoms with van der Waals surface area (Å²) in [6.45, 7) is 0. The van der Waals surface area contributed by atoms with Gasteiger partial charge in [-0.1, -0.05) is 17.7 Å². The molecule has 108 valence electrons. The van der Waals surface area contributed by atoms with Crippen molar-refractivity contribution in [3.8, 4) is 0 Å². The SMILES string of the molecule is O=C(Nc1ccc(F)nc1F)c1c(Cl)cccc1[N+](=O)[O-]. The van der Waals surface area contributed by atoms with Crippen LogP contribution in [0.3, 0.4) is 0 Å². The maximum atomic E-state index is 13.4. The largest absolute Gasteiger partial charge is 0.318 e. The molecule has 0 radical (unpaired) electrons. The molecule has 0 aliphatic heterocycles. The van der Waals surface area contributed by atoms with Gasteiger partial charge in [-0.05, 0) is 18.2 Å². The van der Waals surface area contributed by atoms with Crippen LogP contribution in [-0.2, 0) is 0 Å². The first-order chi connectivity index (χ1) is 9.90. The monoisotopic (exact) mass is 313 g/mol. The Labute approximate surface area is 121 Å². The molecule has 9 heteroatoms. The third-order valence-electron chi connectivity index (χ3n) is 2.48. The van der Waals surface area contributed by atoms with E-state index in [1.807, 2.05) is 0 Å². The zero-order valence-electron chi connectivity index (χ0n) is 10.1. The number of nitro groups is 1. The van der Waals surface area contributed by atoms with E-state index in [-0.39, 0.29) is 5.02 Å². The van der Waals surface area contributed by atoms with Gasteiger partial charge in [0.15, 0.2) is 0 Å². The lowest BCUT2D eigenvalue weighted by atomic mass is 10.1. The van der Waals surface area contributed by atoms with Crippen LogP contribution in [0.1, 0.15) is 10.4 Å². The van der Waals surface area contributed by atoms with Crippen molar-refractivity contribution in [2.45, 2.75) is 0 Å². The first-order valence-corrected chi connectivity index (χ1v) is 5.84. The lowest BCUT2D eigenvalue weighted by Gasteiger charge is -2.07. The molecule has 1 aromatic carbocycles. The van der Waals surface area contributed by atoms with Crippen molar-refractivity contribution in [1.29, 1.82) is 0 Å². The molecule has 0 spiro atoms. The highest BCUT2D eigenvalue weighted by molar-refractivity contribution is 6.35. The fourth-order valence-corrected chi connectivity index (χ4v) is 1.84. The average molecular weight is 314 g/mol. The number of anilines is 1. The Bertz CT molecular complexity index is 740. The summed E-state index contributed by atoms with van der Waals surface area (Å²) in [5, 5.41) is 12.8. The average Bonchev–Trinajstić information content (AvgIpc) is 2.41. The minimum atomic E-state index is -1.25. The molecule has 1 heterocycles. The summed E-state index contributed by atoms with van der Waals surface area (Å²) in [6, 6.07) is 5.44. The highest BCUT2D eigenvalue weighted by Gasteiger charge is 2.24. The molecular formula is C12H6ClF2N3O3. The topological polar surface area (TPSA) is 85.1 Å². The smallest absolute Gasteiger partial charge is 0.283 e. The zero-order valence-corrected chi connectivity index (χ0v) is 10.9. The summed E-state index contributed by atoms with van der Waals surface area (Å²) in [6.07, 6.45) is 0. The van der Waals surface area contributed by atoms with Gasteiger partial charge in [0.2, 0.25) is 11.9 Å². The molecule has 2 rings (SSSR count). The highest BCUT2D eigenvalue weighted by atomic mass is 35.5. The number of amides is 1. The van der Waals surface area contributed by atoms with E-state index in [1.165, 1.54) is 12.1 Å². The second kappa shape index (κ2) is 5.80. The number of aromatic nitrogens is 1. The summed E-state index contributed by atoms with van der Waals surface area (Å²) >= 11 is 5.76. The number of pyridine rings is 1. The molecule has 2 aromatic rings. The molecule has 0 saturated carbocycles. The number of carbonyl (C=O) groups excluding carboxylic acids is 1. The van der Waals surface area contributed by atoms with Crippen molar-refractivity contribution in [2.75, 3.05) is 5.32 Å². The normalized spacial score (nSPS) is 10.2. The second-order valence-corrected chi connectivity index (χ2v) is 4.22. The van der Waals surface area contributed by atoms with E-state index >= 15 is 0 Å². The number of nitro benzene ring substituents is 1. The van der Waals surface area contributed by atoms with Crippen LogP contribution in [0.15, 0.2) is 30.3 Å². The zero-order chi connectivity index (χ0) is 15.6. The van der Waals surface area contributed by atoms with E-state index in [9.17, 15) is 23.7 Å². The van der Waals surface area contributed by atoms with E-state index in [1.54, 1.807) is 0 Å². The molecule has 0 atom stereocenters. The number of hydrogen-bond acceptors (Lipinski definition) is 4. The number of rotatable bonds is 3. The Morgan fingerprint density at radius 1 is 1.29 bits per heavy atom. The summed E-state index contributed by atoms with van der Waals surface area (Å²) in [4.78, 5) is 25.0. The minimum Gasteiger partial charge on any atom is -0.318 e. The minimum absolute atomic E-state index is 0.169. The maximum absolute atomic E-state index is 13.4. The fraction of sp³-hybridized carbons (Fsp3) is 0. The van der Waals surface area contributed by atoms with Gasteiger partial charge in [-0.3, -0.25) is 14.9 Å². The number of hydrogen-bond donors (Lipinski definition) is 1. The van der Waals surface area contributed by atoms with Crippen LogP contribution >= 0.6 is 11.6 Å². The van der Waals surface area contributed by atoms with E-state index < -0.39 is 39.7 Å². The molecule has 0 fully saturated rings. The van der Waals surface area contributed by atoms with Gasteiger partial charge in [0.05, 0.1) is 15.6 Å². The van der Waals surface area contributed by atoms with E-state index in [2.05, 4.69) is 10.3 Å². The summed E-state index contributed by atoms with van der Waals surface area (Å²) in [7, 11) is 0. The van der Waals surface area contributed by atoms with Crippen LogP contribution < -0.4 is 5.32 Å². The Balaban J connectivity index is 2.39. The third kappa shape index (κ3) is 3.11. The summed E-state index contributed by atoms with van der Waals surface area (Å²) < 4.78 is 26.0. The van der Waals surface area contributed by atoms with Crippen molar-refractivity contribution >= 4 is 28.9 Å². The highest BCUT2D eigenvalue weighted by Crippen LogP contribution is 2.27. The summed E-state index contributed by atoms with van der Waals surface area (Å²) in [5.74, 6) is -3.31. The number of nitrogens with zero attached hydrogens (tertiary/aromatic N) is 2. The van der Waals surface area contributed by atoms with Gasteiger partial charge in [-0.15, -0.1) is 0 Å². The molecule has 0 bridgehead atoms. The Morgan fingerprint density at radius 2 is 2.00 bits per heavy atom. The standard InChI is InChI=1S/C12H6ClF2N3O3/c13-6-2-1-3-8(18(20)21)10(6)12(19)16-7-4-5-9(14)17-11(7)15/h1-5H,(H,16,19). The molecule has 0 aliphatic rings. The maximum Gasteiger partial charge on any atom is 0.283 e. The van der Waals surface area contributed by atoms with Crippen LogP contribution in [0.25, 0.3) is 0 Å². The van der Waals surface area contributed by atoms with Crippen molar-refractivity contribution < 1.29 is 18.5 Å². The van der Waals surface area contributed by atoms with Crippen LogP contribution in [0.2, 0.25) is 5.02 Å². The van der Waals surface area contributed by atoms with Crippen LogP contribution in [0, 0.1) is 22.0 Å². The number of halogens is 3. The molecule has 21 heavy (non-hydrogen) atoms. The van der Waals surface area contributed by atoms with Gasteiger partial charge >= 0.3 is 0 Å². The van der Waals surface area contributed by atoms with Gasteiger partial charge in [-0.2, -0.15) is 13.8 Å².